The molecular weight excluding hydrogens is 284 g/mol. The van der Waals surface area contributed by atoms with Crippen LogP contribution in [0, 0.1) is 0 Å². The molecule has 5 atom stereocenters. The maximum atomic E-state index is 11.3. The highest BCUT2D eigenvalue weighted by Crippen LogP contribution is 2.28. The molecule has 0 N–H and O–H groups in total. The van der Waals surface area contributed by atoms with Gasteiger partial charge in [0.15, 0.2) is 24.6 Å². The number of esters is 3. The molecule has 0 aliphatic carbocycles. The second kappa shape index (κ2) is 7.37. The fourth-order valence-electron chi connectivity index (χ4n) is 2.16. The Kier molecular flexibility index (Phi) is 6.10. The van der Waals surface area contributed by atoms with Crippen LogP contribution in [0.25, 0.3) is 0 Å². The molecule has 1 aliphatic rings. The largest absolute Gasteiger partial charge is 0.456 e. The van der Waals surface area contributed by atoms with E-state index in [2.05, 4.69) is 0 Å². The first kappa shape index (κ1) is 17.4. The molecule has 1 rings (SSSR count). The molecule has 1 aliphatic heterocycles. The molecule has 8 heteroatoms. The Balaban J connectivity index is 3.08. The summed E-state index contributed by atoms with van der Waals surface area (Å²) >= 11 is 0. The lowest BCUT2D eigenvalue weighted by atomic mass is 9.99. The predicted octanol–water partition coefficient (Wildman–Crippen LogP) is 0.173. The maximum absolute atomic E-state index is 11.3. The van der Waals surface area contributed by atoms with Crippen LogP contribution in [0.2, 0.25) is 0 Å². The van der Waals surface area contributed by atoms with Gasteiger partial charge in [0.25, 0.3) is 0 Å². The molecule has 0 amide bonds. The third-order valence-corrected chi connectivity index (χ3v) is 2.87. The standard InChI is InChI=1S/C13H20O8/c1-6-10(19-7(2)14)11(20-8(3)15)12(21-9(4)16)13(17-5)18-6/h6,10-13H,1-5H3/t6?,10-,11-,12?,13+/m0/s1. The van der Waals surface area contributed by atoms with E-state index in [9.17, 15) is 14.4 Å². The van der Waals surface area contributed by atoms with Crippen LogP contribution in [0.15, 0.2) is 0 Å². The summed E-state index contributed by atoms with van der Waals surface area (Å²) < 4.78 is 26.0. The summed E-state index contributed by atoms with van der Waals surface area (Å²) in [6, 6.07) is 0. The number of rotatable bonds is 4. The van der Waals surface area contributed by atoms with Crippen molar-refractivity contribution >= 4 is 17.9 Å². The Morgan fingerprint density at radius 1 is 0.810 bits per heavy atom. The van der Waals surface area contributed by atoms with Crippen LogP contribution in [0.5, 0.6) is 0 Å². The molecule has 2 unspecified atom stereocenters. The third-order valence-electron chi connectivity index (χ3n) is 2.87. The number of carbonyl (C=O) groups is 3. The maximum Gasteiger partial charge on any atom is 0.303 e. The topological polar surface area (TPSA) is 97.4 Å². The van der Waals surface area contributed by atoms with Crippen LogP contribution in [0.3, 0.4) is 0 Å². The lowest BCUT2D eigenvalue weighted by molar-refractivity contribution is -0.294. The van der Waals surface area contributed by atoms with Gasteiger partial charge in [0, 0.05) is 27.9 Å². The fourth-order valence-corrected chi connectivity index (χ4v) is 2.16. The van der Waals surface area contributed by atoms with E-state index < -0.39 is 48.6 Å². The highest BCUT2D eigenvalue weighted by atomic mass is 16.7. The van der Waals surface area contributed by atoms with E-state index in [0.29, 0.717) is 0 Å². The number of carbonyl (C=O) groups excluding carboxylic acids is 3. The second-order valence-electron chi connectivity index (χ2n) is 4.67. The third kappa shape index (κ3) is 4.68. The quantitative estimate of drug-likeness (QED) is 0.535. The number of methoxy groups -OCH3 is 1. The zero-order valence-electron chi connectivity index (χ0n) is 12.7. The lowest BCUT2D eigenvalue weighted by Crippen LogP contribution is -2.60. The summed E-state index contributed by atoms with van der Waals surface area (Å²) in [5.74, 6) is -1.76. The van der Waals surface area contributed by atoms with Crippen molar-refractivity contribution in [2.45, 2.75) is 58.4 Å². The van der Waals surface area contributed by atoms with Gasteiger partial charge in [-0.1, -0.05) is 0 Å². The van der Waals surface area contributed by atoms with Crippen LogP contribution in [0.4, 0.5) is 0 Å². The van der Waals surface area contributed by atoms with Gasteiger partial charge in [-0.05, 0) is 6.92 Å². The Morgan fingerprint density at radius 2 is 1.24 bits per heavy atom. The van der Waals surface area contributed by atoms with Gasteiger partial charge in [0.2, 0.25) is 0 Å². The molecule has 0 aromatic carbocycles. The van der Waals surface area contributed by atoms with Crippen LogP contribution >= 0.6 is 0 Å². The van der Waals surface area contributed by atoms with Gasteiger partial charge in [-0.15, -0.1) is 0 Å². The number of hydrogen-bond acceptors (Lipinski definition) is 8. The minimum absolute atomic E-state index is 0.565. The van der Waals surface area contributed by atoms with E-state index in [1.165, 1.54) is 27.9 Å². The summed E-state index contributed by atoms with van der Waals surface area (Å²) in [5.41, 5.74) is 0. The van der Waals surface area contributed by atoms with Crippen molar-refractivity contribution in [3.63, 3.8) is 0 Å². The van der Waals surface area contributed by atoms with Crippen molar-refractivity contribution in [2.24, 2.45) is 0 Å². The van der Waals surface area contributed by atoms with Crippen LogP contribution in [-0.2, 0) is 38.1 Å². The van der Waals surface area contributed by atoms with Gasteiger partial charge in [-0.3, -0.25) is 14.4 Å². The molecule has 1 fully saturated rings. The van der Waals surface area contributed by atoms with Crippen molar-refractivity contribution in [1.82, 2.24) is 0 Å². The summed E-state index contributed by atoms with van der Waals surface area (Å²) in [6.07, 6.45) is -4.47. The van der Waals surface area contributed by atoms with E-state index >= 15 is 0 Å². The molecule has 0 bridgehead atoms. The SMILES string of the molecule is CO[C@@H]1OC(C)[C@H](OC(C)=O)[C@H](OC(C)=O)C1OC(C)=O. The van der Waals surface area contributed by atoms with Crippen LogP contribution in [0.1, 0.15) is 27.7 Å². The Morgan fingerprint density at radius 3 is 1.67 bits per heavy atom. The second-order valence-corrected chi connectivity index (χ2v) is 4.67. The first-order valence-electron chi connectivity index (χ1n) is 6.46. The van der Waals surface area contributed by atoms with Crippen LogP contribution < -0.4 is 0 Å². The van der Waals surface area contributed by atoms with Gasteiger partial charge in [0.1, 0.15) is 0 Å². The van der Waals surface area contributed by atoms with Gasteiger partial charge in [-0.25, -0.2) is 0 Å². The summed E-state index contributed by atoms with van der Waals surface area (Å²) in [5, 5.41) is 0. The van der Waals surface area contributed by atoms with Crippen molar-refractivity contribution < 1.29 is 38.1 Å². The molecule has 1 heterocycles. The highest BCUT2D eigenvalue weighted by molar-refractivity contribution is 5.68. The van der Waals surface area contributed by atoms with Crippen molar-refractivity contribution in [3.8, 4) is 0 Å². The summed E-state index contributed by atoms with van der Waals surface area (Å²) in [4.78, 5) is 33.7. The Bertz CT molecular complexity index is 407. The first-order chi connectivity index (χ1) is 9.76. The van der Waals surface area contributed by atoms with Crippen molar-refractivity contribution in [3.05, 3.63) is 0 Å². The molecule has 0 aromatic heterocycles. The van der Waals surface area contributed by atoms with Gasteiger partial charge in [0.05, 0.1) is 6.10 Å². The highest BCUT2D eigenvalue weighted by Gasteiger charge is 2.50. The van der Waals surface area contributed by atoms with E-state index in [1.54, 1.807) is 6.92 Å². The zero-order chi connectivity index (χ0) is 16.2. The van der Waals surface area contributed by atoms with Gasteiger partial charge < -0.3 is 23.7 Å². The lowest BCUT2D eigenvalue weighted by Gasteiger charge is -2.42. The molecule has 21 heavy (non-hydrogen) atoms. The Hall–Kier alpha value is -1.67. The summed E-state index contributed by atoms with van der Waals surface area (Å²) in [6.45, 7) is 5.27. The molecule has 0 aromatic rings. The average molecular weight is 304 g/mol. The normalized spacial score (nSPS) is 32.1. The minimum Gasteiger partial charge on any atom is -0.456 e. The molecule has 0 spiro atoms. The minimum atomic E-state index is -1.03. The molecule has 0 radical (unpaired) electrons. The van der Waals surface area contributed by atoms with E-state index in [0.717, 1.165) is 0 Å². The van der Waals surface area contributed by atoms with Crippen molar-refractivity contribution in [2.75, 3.05) is 7.11 Å². The Labute approximate surface area is 122 Å². The summed E-state index contributed by atoms with van der Waals surface area (Å²) in [7, 11) is 1.37. The van der Waals surface area contributed by atoms with E-state index in [1.807, 2.05) is 0 Å². The monoisotopic (exact) mass is 304 g/mol. The van der Waals surface area contributed by atoms with Gasteiger partial charge in [-0.2, -0.15) is 0 Å². The molecule has 8 nitrogen and oxygen atoms in total. The first-order valence-corrected chi connectivity index (χ1v) is 6.46. The fraction of sp³-hybridized carbons (Fsp3) is 0.769. The van der Waals surface area contributed by atoms with E-state index in [-0.39, 0.29) is 0 Å². The smallest absolute Gasteiger partial charge is 0.303 e. The van der Waals surface area contributed by atoms with Crippen molar-refractivity contribution in [1.29, 1.82) is 0 Å². The number of hydrogen-bond donors (Lipinski definition) is 0. The van der Waals surface area contributed by atoms with Crippen LogP contribution in [-0.4, -0.2) is 55.7 Å². The average Bonchev–Trinajstić information content (AvgIpc) is 2.35. The van der Waals surface area contributed by atoms with E-state index in [4.69, 9.17) is 23.7 Å². The zero-order valence-corrected chi connectivity index (χ0v) is 12.7. The molecule has 0 saturated carbocycles. The molecule has 1 saturated heterocycles. The molecular formula is C13H20O8. The number of ether oxygens (including phenoxy) is 5. The molecule has 120 valence electrons. The van der Waals surface area contributed by atoms with Gasteiger partial charge >= 0.3 is 17.9 Å². The predicted molar refractivity (Wildman–Crippen MR) is 68.0 cm³/mol.